The zero-order valence-corrected chi connectivity index (χ0v) is 18.8. The minimum absolute atomic E-state index is 0.157. The first-order valence-electron chi connectivity index (χ1n) is 10.00. The van der Waals surface area contributed by atoms with Crippen LogP contribution in [0.5, 0.6) is 11.6 Å². The van der Waals surface area contributed by atoms with Gasteiger partial charge in [0.05, 0.1) is 4.91 Å². The molecule has 0 radical (unpaired) electrons. The number of para-hydroxylation sites is 1. The molecule has 2 aromatic heterocycles. The molecule has 0 N–H and O–H groups in total. The van der Waals surface area contributed by atoms with E-state index in [0.29, 0.717) is 27.2 Å². The highest BCUT2D eigenvalue weighted by molar-refractivity contribution is 8.26. The summed E-state index contributed by atoms with van der Waals surface area (Å²) >= 11 is 6.58. The smallest absolute Gasteiger partial charge is 0.269 e. The molecule has 1 fully saturated rings. The summed E-state index contributed by atoms with van der Waals surface area (Å²) in [6, 6.07) is 12.8. The number of ether oxygens (including phenoxy) is 1. The third-order valence-corrected chi connectivity index (χ3v) is 6.27. The lowest BCUT2D eigenvalue weighted by Crippen LogP contribution is -2.29. The van der Waals surface area contributed by atoms with Gasteiger partial charge >= 0.3 is 0 Å². The molecule has 0 unspecified atom stereocenters. The van der Waals surface area contributed by atoms with E-state index in [4.69, 9.17) is 17.0 Å². The first kappa shape index (κ1) is 21.3. The third kappa shape index (κ3) is 4.26. The number of aryl methyl sites for hydroxylation is 1. The van der Waals surface area contributed by atoms with Crippen LogP contribution in [-0.2, 0) is 4.79 Å². The maximum Gasteiger partial charge on any atom is 0.269 e. The van der Waals surface area contributed by atoms with Crippen molar-refractivity contribution in [3.63, 3.8) is 0 Å². The zero-order chi connectivity index (χ0) is 22.0. The number of thiocarbonyl (C=S) groups is 1. The number of hydrogen-bond acceptors (Lipinski definition) is 6. The lowest BCUT2D eigenvalue weighted by molar-refractivity contribution is -0.122. The number of benzene rings is 1. The number of hydrogen-bond donors (Lipinski definition) is 0. The monoisotopic (exact) mass is 451 g/mol. The van der Waals surface area contributed by atoms with E-state index in [0.717, 1.165) is 18.4 Å². The molecule has 0 bridgehead atoms. The fourth-order valence-electron chi connectivity index (χ4n) is 3.23. The quantitative estimate of drug-likeness (QED) is 0.396. The van der Waals surface area contributed by atoms with Gasteiger partial charge in [-0.25, -0.2) is 0 Å². The van der Waals surface area contributed by atoms with Crippen molar-refractivity contribution < 1.29 is 9.53 Å². The molecular formula is C23H21N3O3S2. The second-order valence-corrected chi connectivity index (χ2v) is 8.80. The molecule has 31 heavy (non-hydrogen) atoms. The topological polar surface area (TPSA) is 63.9 Å². The van der Waals surface area contributed by atoms with Gasteiger partial charge in [0.25, 0.3) is 11.5 Å². The Morgan fingerprint density at radius 1 is 1.16 bits per heavy atom. The zero-order valence-electron chi connectivity index (χ0n) is 17.2. The number of fused-ring (bicyclic) bond motifs is 1. The molecule has 158 valence electrons. The summed E-state index contributed by atoms with van der Waals surface area (Å²) in [4.78, 5) is 32.9. The molecule has 6 nitrogen and oxygen atoms in total. The van der Waals surface area contributed by atoms with E-state index in [2.05, 4.69) is 11.9 Å². The van der Waals surface area contributed by atoms with Gasteiger partial charge in [-0.15, -0.1) is 0 Å². The van der Waals surface area contributed by atoms with Crippen molar-refractivity contribution >= 4 is 45.9 Å². The second-order valence-electron chi connectivity index (χ2n) is 7.12. The Labute approximate surface area is 189 Å². The van der Waals surface area contributed by atoms with Crippen LogP contribution < -0.4 is 10.3 Å². The Morgan fingerprint density at radius 2 is 1.94 bits per heavy atom. The fraction of sp³-hybridized carbons (Fsp3) is 0.217. The minimum Gasteiger partial charge on any atom is -0.438 e. The van der Waals surface area contributed by atoms with E-state index < -0.39 is 0 Å². The Bertz CT molecular complexity index is 1250. The van der Waals surface area contributed by atoms with Crippen molar-refractivity contribution in [3.8, 4) is 11.6 Å². The van der Waals surface area contributed by atoms with Crippen LogP contribution in [-0.4, -0.2) is 31.1 Å². The van der Waals surface area contributed by atoms with E-state index in [9.17, 15) is 9.59 Å². The summed E-state index contributed by atoms with van der Waals surface area (Å²) in [7, 11) is 0. The summed E-state index contributed by atoms with van der Waals surface area (Å²) in [6.45, 7) is 4.51. The van der Waals surface area contributed by atoms with Crippen LogP contribution in [0, 0.1) is 6.92 Å². The van der Waals surface area contributed by atoms with Crippen LogP contribution >= 0.6 is 24.0 Å². The molecule has 1 amide bonds. The largest absolute Gasteiger partial charge is 0.438 e. The van der Waals surface area contributed by atoms with E-state index in [1.54, 1.807) is 35.4 Å². The summed E-state index contributed by atoms with van der Waals surface area (Å²) in [5.74, 6) is 0.518. The van der Waals surface area contributed by atoms with Gasteiger partial charge in [-0.1, -0.05) is 61.6 Å². The molecule has 1 aliphatic rings. The fourth-order valence-corrected chi connectivity index (χ4v) is 4.52. The summed E-state index contributed by atoms with van der Waals surface area (Å²) in [6.07, 6.45) is 5.03. The number of carbonyl (C=O) groups is 1. The first-order chi connectivity index (χ1) is 15.0. The number of nitrogens with zero attached hydrogens (tertiary/aromatic N) is 3. The normalized spacial score (nSPS) is 15.3. The molecule has 8 heteroatoms. The van der Waals surface area contributed by atoms with Gasteiger partial charge in [-0.3, -0.25) is 18.9 Å². The number of rotatable bonds is 6. The van der Waals surface area contributed by atoms with Crippen LogP contribution in [0.1, 0.15) is 30.9 Å². The number of unbranched alkanes of at least 4 members (excludes halogenated alkanes) is 1. The van der Waals surface area contributed by atoms with Crippen LogP contribution in [0.2, 0.25) is 0 Å². The molecule has 0 aliphatic carbocycles. The van der Waals surface area contributed by atoms with Gasteiger partial charge in [0, 0.05) is 12.7 Å². The number of amides is 1. The number of pyridine rings is 1. The van der Waals surface area contributed by atoms with Crippen LogP contribution in [0.3, 0.4) is 0 Å². The molecule has 0 atom stereocenters. The predicted octanol–water partition coefficient (Wildman–Crippen LogP) is 4.80. The molecule has 1 aliphatic heterocycles. The molecule has 1 aromatic carbocycles. The molecular weight excluding hydrogens is 430 g/mol. The lowest BCUT2D eigenvalue weighted by atomic mass is 10.2. The molecule has 4 rings (SSSR count). The van der Waals surface area contributed by atoms with Gasteiger partial charge in [-0.05, 0) is 43.2 Å². The maximum absolute atomic E-state index is 13.4. The van der Waals surface area contributed by atoms with Crippen molar-refractivity contribution in [2.75, 3.05) is 6.54 Å². The summed E-state index contributed by atoms with van der Waals surface area (Å²) in [5, 5.41) is 0. The number of aromatic nitrogens is 2. The highest BCUT2D eigenvalue weighted by Crippen LogP contribution is 2.34. The average molecular weight is 452 g/mol. The van der Waals surface area contributed by atoms with Gasteiger partial charge in [0.15, 0.2) is 0 Å². The van der Waals surface area contributed by atoms with Gasteiger partial charge < -0.3 is 4.74 Å². The minimum atomic E-state index is -0.307. The van der Waals surface area contributed by atoms with Gasteiger partial charge in [-0.2, -0.15) is 4.98 Å². The molecule has 3 heterocycles. The Balaban J connectivity index is 1.84. The van der Waals surface area contributed by atoms with E-state index >= 15 is 0 Å². The maximum atomic E-state index is 13.4. The summed E-state index contributed by atoms with van der Waals surface area (Å²) < 4.78 is 7.95. The van der Waals surface area contributed by atoms with Crippen molar-refractivity contribution in [3.05, 3.63) is 75.0 Å². The first-order valence-corrected chi connectivity index (χ1v) is 11.2. The average Bonchev–Trinajstić information content (AvgIpc) is 3.03. The van der Waals surface area contributed by atoms with Crippen LogP contribution in [0.15, 0.2) is 58.4 Å². The van der Waals surface area contributed by atoms with Gasteiger partial charge in [0.1, 0.15) is 21.3 Å². The Hall–Kier alpha value is -2.97. The second kappa shape index (κ2) is 9.03. The van der Waals surface area contributed by atoms with Crippen molar-refractivity contribution in [2.45, 2.75) is 26.7 Å². The van der Waals surface area contributed by atoms with Crippen LogP contribution in [0.4, 0.5) is 0 Å². The number of carbonyl (C=O) groups excluding carboxylic acids is 1. The van der Waals surface area contributed by atoms with Gasteiger partial charge in [0.2, 0.25) is 5.88 Å². The molecule has 1 saturated heterocycles. The standard InChI is InChI=1S/C23H21N3O3S2/c1-3-4-12-26-22(28)18(31-23(26)30)14-17-20(29-16-10-6-5-7-11-16)24-19-15(2)9-8-13-25(19)21(17)27/h5-11,13-14H,3-4,12H2,1-2H3/b18-14-. The summed E-state index contributed by atoms with van der Waals surface area (Å²) in [5.41, 5.74) is 1.25. The van der Waals surface area contributed by atoms with E-state index in [1.165, 1.54) is 16.2 Å². The van der Waals surface area contributed by atoms with E-state index in [-0.39, 0.29) is 22.9 Å². The lowest BCUT2D eigenvalue weighted by Gasteiger charge is -2.13. The van der Waals surface area contributed by atoms with Crippen molar-refractivity contribution in [1.29, 1.82) is 0 Å². The SMILES string of the molecule is CCCCN1C(=O)/C(=C/c2c(Oc3ccccc3)nc3c(C)cccn3c2=O)SC1=S. The van der Waals surface area contributed by atoms with Crippen LogP contribution in [0.25, 0.3) is 11.7 Å². The Kier molecular flexibility index (Phi) is 6.20. The molecule has 0 spiro atoms. The Morgan fingerprint density at radius 3 is 2.68 bits per heavy atom. The molecule has 0 saturated carbocycles. The van der Waals surface area contributed by atoms with Crippen molar-refractivity contribution in [2.24, 2.45) is 0 Å². The highest BCUT2D eigenvalue weighted by Gasteiger charge is 2.32. The number of thioether (sulfide) groups is 1. The molecule has 3 aromatic rings. The third-order valence-electron chi connectivity index (χ3n) is 4.89. The highest BCUT2D eigenvalue weighted by atomic mass is 32.2. The van der Waals surface area contributed by atoms with Crippen molar-refractivity contribution in [1.82, 2.24) is 14.3 Å². The van der Waals surface area contributed by atoms with E-state index in [1.807, 2.05) is 31.2 Å². The predicted molar refractivity (Wildman–Crippen MR) is 128 cm³/mol.